The number of benzene rings is 1. The summed E-state index contributed by atoms with van der Waals surface area (Å²) >= 11 is 0. The molecule has 2 N–H and O–H groups in total. The fourth-order valence-electron chi connectivity index (χ4n) is 2.31. The lowest BCUT2D eigenvalue weighted by atomic mass is 9.78. The third kappa shape index (κ3) is 1.29. The summed E-state index contributed by atoms with van der Waals surface area (Å²) in [7, 11) is 0. The molecular formula is C12H11NO3. The Kier molecular flexibility index (Phi) is 2.41. The maximum atomic E-state index is 10.9. The molecule has 16 heavy (non-hydrogen) atoms. The molecule has 0 heterocycles. The van der Waals surface area contributed by atoms with Gasteiger partial charge < -0.3 is 10.2 Å². The van der Waals surface area contributed by atoms with E-state index in [1.54, 1.807) is 12.1 Å². The number of carbonyl (C=O) groups is 1. The molecule has 2 atom stereocenters. The van der Waals surface area contributed by atoms with Crippen molar-refractivity contribution in [3.8, 4) is 6.07 Å². The van der Waals surface area contributed by atoms with E-state index in [4.69, 9.17) is 5.11 Å². The van der Waals surface area contributed by atoms with Crippen molar-refractivity contribution in [2.75, 3.05) is 0 Å². The highest BCUT2D eigenvalue weighted by Crippen LogP contribution is 2.41. The van der Waals surface area contributed by atoms with Crippen LogP contribution in [0, 0.1) is 11.3 Å². The second-order valence-electron chi connectivity index (χ2n) is 3.98. The molecule has 0 bridgehead atoms. The molecule has 4 heteroatoms. The molecule has 0 radical (unpaired) electrons. The molecule has 1 aromatic carbocycles. The van der Waals surface area contributed by atoms with Crippen LogP contribution in [0.3, 0.4) is 0 Å². The number of carboxylic acids is 1. The summed E-state index contributed by atoms with van der Waals surface area (Å²) in [5, 5.41) is 27.8. The summed E-state index contributed by atoms with van der Waals surface area (Å²) < 4.78 is 0. The maximum absolute atomic E-state index is 10.9. The first-order chi connectivity index (χ1) is 7.62. The van der Waals surface area contributed by atoms with Crippen LogP contribution in [0.5, 0.6) is 0 Å². The first kappa shape index (κ1) is 10.7. The summed E-state index contributed by atoms with van der Waals surface area (Å²) in [6.07, 6.45) is -0.675. The van der Waals surface area contributed by atoms with Crippen molar-refractivity contribution in [3.63, 3.8) is 0 Å². The summed E-state index contributed by atoms with van der Waals surface area (Å²) in [5.41, 5.74) is 0.305. The number of aryl methyl sites for hydroxylation is 1. The normalized spacial score (nSPS) is 24.5. The van der Waals surface area contributed by atoms with E-state index in [0.717, 1.165) is 5.56 Å². The Morgan fingerprint density at radius 2 is 2.19 bits per heavy atom. The van der Waals surface area contributed by atoms with Gasteiger partial charge in [0.05, 0.1) is 6.07 Å². The minimum absolute atomic E-state index is 0.357. The Balaban J connectivity index is 2.55. The van der Waals surface area contributed by atoms with Crippen LogP contribution in [0.1, 0.15) is 17.5 Å². The first-order valence-electron chi connectivity index (χ1n) is 5.02. The number of nitrogens with zero attached hydrogens (tertiary/aromatic N) is 1. The largest absolute Gasteiger partial charge is 0.479 e. The second kappa shape index (κ2) is 3.62. The van der Waals surface area contributed by atoms with Crippen LogP contribution in [-0.2, 0) is 16.6 Å². The van der Waals surface area contributed by atoms with E-state index in [-0.39, 0.29) is 0 Å². The minimum Gasteiger partial charge on any atom is -0.479 e. The van der Waals surface area contributed by atoms with Gasteiger partial charge in [-0.15, -0.1) is 0 Å². The Bertz CT molecular complexity index is 477. The zero-order valence-electron chi connectivity index (χ0n) is 8.55. The molecule has 0 spiro atoms. The number of rotatable bonds is 2. The number of aliphatic hydroxyl groups excluding tert-OH is 1. The molecule has 2 rings (SSSR count). The fourth-order valence-corrected chi connectivity index (χ4v) is 2.31. The first-order valence-corrected chi connectivity index (χ1v) is 5.02. The van der Waals surface area contributed by atoms with E-state index in [2.05, 4.69) is 0 Å². The fraction of sp³-hybridized carbons (Fsp3) is 0.333. The second-order valence-corrected chi connectivity index (χ2v) is 3.98. The Morgan fingerprint density at radius 3 is 2.81 bits per heavy atom. The molecule has 0 amide bonds. The van der Waals surface area contributed by atoms with E-state index in [0.29, 0.717) is 18.4 Å². The molecule has 1 aromatic rings. The van der Waals surface area contributed by atoms with E-state index in [1.807, 2.05) is 18.2 Å². The third-order valence-electron chi connectivity index (χ3n) is 3.19. The number of hydrogen-bond donors (Lipinski definition) is 2. The van der Waals surface area contributed by atoms with Crippen molar-refractivity contribution in [1.29, 1.82) is 5.26 Å². The average Bonchev–Trinajstić information content (AvgIpc) is 2.68. The van der Waals surface area contributed by atoms with Crippen molar-refractivity contribution in [2.45, 2.75) is 24.4 Å². The van der Waals surface area contributed by atoms with E-state index >= 15 is 0 Å². The molecule has 82 valence electrons. The van der Waals surface area contributed by atoms with Gasteiger partial charge in [0.1, 0.15) is 5.41 Å². The summed E-state index contributed by atoms with van der Waals surface area (Å²) in [6, 6.07) is 9.17. The van der Waals surface area contributed by atoms with Gasteiger partial charge in [0.2, 0.25) is 0 Å². The molecule has 1 aliphatic carbocycles. The van der Waals surface area contributed by atoms with E-state index < -0.39 is 17.5 Å². The van der Waals surface area contributed by atoms with Gasteiger partial charge in [-0.3, -0.25) is 0 Å². The molecule has 4 nitrogen and oxygen atoms in total. The Labute approximate surface area is 92.8 Å². The number of nitriles is 1. The highest BCUT2D eigenvalue weighted by atomic mass is 16.4. The maximum Gasteiger partial charge on any atom is 0.334 e. The van der Waals surface area contributed by atoms with Crippen LogP contribution < -0.4 is 0 Å². The van der Waals surface area contributed by atoms with Crippen LogP contribution in [0.4, 0.5) is 0 Å². The Morgan fingerprint density at radius 1 is 1.50 bits per heavy atom. The Hall–Kier alpha value is -1.86. The zero-order chi connectivity index (χ0) is 11.8. The smallest absolute Gasteiger partial charge is 0.334 e. The van der Waals surface area contributed by atoms with Gasteiger partial charge in [-0.25, -0.2) is 4.79 Å². The van der Waals surface area contributed by atoms with Crippen LogP contribution in [-0.4, -0.2) is 22.3 Å². The van der Waals surface area contributed by atoms with Crippen molar-refractivity contribution in [2.24, 2.45) is 0 Å². The van der Waals surface area contributed by atoms with E-state index in [9.17, 15) is 15.2 Å². The van der Waals surface area contributed by atoms with Crippen LogP contribution in [0.15, 0.2) is 24.3 Å². The van der Waals surface area contributed by atoms with Gasteiger partial charge in [0.25, 0.3) is 0 Å². The molecule has 0 aliphatic heterocycles. The van der Waals surface area contributed by atoms with Crippen molar-refractivity contribution in [1.82, 2.24) is 0 Å². The van der Waals surface area contributed by atoms with Crippen molar-refractivity contribution >= 4 is 5.97 Å². The summed E-state index contributed by atoms with van der Waals surface area (Å²) in [6.45, 7) is 0. The lowest BCUT2D eigenvalue weighted by Crippen LogP contribution is -2.42. The van der Waals surface area contributed by atoms with Crippen molar-refractivity contribution < 1.29 is 15.0 Å². The van der Waals surface area contributed by atoms with Crippen molar-refractivity contribution in [3.05, 3.63) is 35.4 Å². The van der Waals surface area contributed by atoms with Crippen LogP contribution >= 0.6 is 0 Å². The SMILES string of the molecule is N#CC1(C(O)C(=O)O)CCc2ccccc21. The minimum atomic E-state index is -1.67. The van der Waals surface area contributed by atoms with Gasteiger partial charge in [0, 0.05) is 0 Å². The van der Waals surface area contributed by atoms with Gasteiger partial charge >= 0.3 is 5.97 Å². The highest BCUT2D eigenvalue weighted by molar-refractivity contribution is 5.76. The number of aliphatic carboxylic acids is 1. The highest BCUT2D eigenvalue weighted by Gasteiger charge is 2.48. The van der Waals surface area contributed by atoms with Crippen LogP contribution in [0.25, 0.3) is 0 Å². The standard InChI is InChI=1S/C12H11NO3/c13-7-12(10(14)11(15)16)6-5-8-3-1-2-4-9(8)12/h1-4,10,14H,5-6H2,(H,15,16). The summed E-state index contributed by atoms with van der Waals surface area (Å²) in [5.74, 6) is -1.35. The number of fused-ring (bicyclic) bond motifs is 1. The van der Waals surface area contributed by atoms with Crippen LogP contribution in [0.2, 0.25) is 0 Å². The number of hydrogen-bond acceptors (Lipinski definition) is 3. The molecule has 0 fully saturated rings. The lowest BCUT2D eigenvalue weighted by Gasteiger charge is -2.25. The molecule has 0 saturated carbocycles. The molecular weight excluding hydrogens is 206 g/mol. The van der Waals surface area contributed by atoms with Gasteiger partial charge in [0.15, 0.2) is 6.10 Å². The van der Waals surface area contributed by atoms with Gasteiger partial charge in [-0.2, -0.15) is 5.26 Å². The quantitative estimate of drug-likeness (QED) is 0.769. The lowest BCUT2D eigenvalue weighted by molar-refractivity contribution is -0.149. The predicted octanol–water partition coefficient (Wildman–Crippen LogP) is 0.840. The molecule has 1 aliphatic rings. The summed E-state index contributed by atoms with van der Waals surface area (Å²) in [4.78, 5) is 10.9. The predicted molar refractivity (Wildman–Crippen MR) is 55.7 cm³/mol. The average molecular weight is 217 g/mol. The third-order valence-corrected chi connectivity index (χ3v) is 3.19. The van der Waals surface area contributed by atoms with Gasteiger partial charge in [-0.05, 0) is 24.0 Å². The van der Waals surface area contributed by atoms with Gasteiger partial charge in [-0.1, -0.05) is 24.3 Å². The molecule has 0 aromatic heterocycles. The number of carboxylic acid groups (broad SMARTS) is 1. The monoisotopic (exact) mass is 217 g/mol. The topological polar surface area (TPSA) is 81.3 Å². The zero-order valence-corrected chi connectivity index (χ0v) is 8.55. The van der Waals surface area contributed by atoms with E-state index in [1.165, 1.54) is 0 Å². The molecule has 2 unspecified atom stereocenters. The molecule has 0 saturated heterocycles. The number of aliphatic hydroxyl groups is 1.